The van der Waals surface area contributed by atoms with Gasteiger partial charge in [-0.05, 0) is 24.6 Å². The third-order valence-corrected chi connectivity index (χ3v) is 3.36. The average Bonchev–Trinajstić information content (AvgIpc) is 2.49. The van der Waals surface area contributed by atoms with Crippen LogP contribution in [-0.4, -0.2) is 56.6 Å². The quantitative estimate of drug-likeness (QED) is 0.870. The SMILES string of the molecule is Cc1ccc(NC(=O)C2CNCCO2)cc1C(=O)N(C)C.Cl. The number of carbonyl (C=O) groups is 2. The minimum atomic E-state index is -0.493. The first-order valence-corrected chi connectivity index (χ1v) is 6.94. The number of aryl methyl sites for hydroxylation is 1. The standard InChI is InChI=1S/C15H21N3O3.ClH/c1-10-4-5-11(8-12(10)15(20)18(2)3)17-14(19)13-9-16-6-7-21-13;/h4-5,8,13,16H,6-7,9H2,1-3H3,(H,17,19);1H. The highest BCUT2D eigenvalue weighted by atomic mass is 35.5. The fourth-order valence-corrected chi connectivity index (χ4v) is 2.13. The van der Waals surface area contributed by atoms with Gasteiger partial charge in [0.1, 0.15) is 6.10 Å². The lowest BCUT2D eigenvalue weighted by molar-refractivity contribution is -0.128. The van der Waals surface area contributed by atoms with Crippen molar-refractivity contribution in [2.75, 3.05) is 39.1 Å². The Hall–Kier alpha value is -1.63. The van der Waals surface area contributed by atoms with Crippen molar-refractivity contribution in [3.8, 4) is 0 Å². The molecule has 1 atom stereocenters. The number of nitrogens with zero attached hydrogens (tertiary/aromatic N) is 1. The third-order valence-electron chi connectivity index (χ3n) is 3.36. The van der Waals surface area contributed by atoms with Gasteiger partial charge in [-0.25, -0.2) is 0 Å². The smallest absolute Gasteiger partial charge is 0.254 e. The number of rotatable bonds is 3. The number of anilines is 1. The summed E-state index contributed by atoms with van der Waals surface area (Å²) in [6, 6.07) is 5.31. The van der Waals surface area contributed by atoms with Crippen LogP contribution >= 0.6 is 12.4 Å². The van der Waals surface area contributed by atoms with E-state index in [2.05, 4.69) is 10.6 Å². The zero-order valence-electron chi connectivity index (χ0n) is 13.0. The lowest BCUT2D eigenvalue weighted by Crippen LogP contribution is -2.45. The number of halogens is 1. The van der Waals surface area contributed by atoms with Crippen LogP contribution in [-0.2, 0) is 9.53 Å². The molecule has 0 radical (unpaired) electrons. The van der Waals surface area contributed by atoms with E-state index in [1.54, 1.807) is 26.2 Å². The molecular formula is C15H22ClN3O3. The molecule has 0 saturated carbocycles. The maximum absolute atomic E-state index is 12.1. The van der Waals surface area contributed by atoms with Gasteiger partial charge in [0.15, 0.2) is 0 Å². The Morgan fingerprint density at radius 3 is 2.68 bits per heavy atom. The summed E-state index contributed by atoms with van der Waals surface area (Å²) in [5.74, 6) is -0.284. The van der Waals surface area contributed by atoms with Gasteiger partial charge in [-0.1, -0.05) is 6.07 Å². The van der Waals surface area contributed by atoms with Crippen molar-refractivity contribution in [3.63, 3.8) is 0 Å². The molecule has 7 heteroatoms. The van der Waals surface area contributed by atoms with Crippen LogP contribution < -0.4 is 10.6 Å². The molecule has 1 aliphatic heterocycles. The normalized spacial score (nSPS) is 17.3. The molecule has 1 saturated heterocycles. The summed E-state index contributed by atoms with van der Waals surface area (Å²) < 4.78 is 5.40. The van der Waals surface area contributed by atoms with Crippen LogP contribution in [0.4, 0.5) is 5.69 Å². The average molecular weight is 328 g/mol. The molecule has 6 nitrogen and oxygen atoms in total. The molecular weight excluding hydrogens is 306 g/mol. The van der Waals surface area contributed by atoms with Gasteiger partial charge in [0, 0.05) is 38.4 Å². The maximum atomic E-state index is 12.1. The van der Waals surface area contributed by atoms with E-state index in [4.69, 9.17) is 4.74 Å². The van der Waals surface area contributed by atoms with Crippen molar-refractivity contribution in [1.82, 2.24) is 10.2 Å². The van der Waals surface area contributed by atoms with Crippen LogP contribution in [0.25, 0.3) is 0 Å². The van der Waals surface area contributed by atoms with E-state index in [-0.39, 0.29) is 24.2 Å². The van der Waals surface area contributed by atoms with E-state index in [0.717, 1.165) is 12.1 Å². The topological polar surface area (TPSA) is 70.7 Å². The van der Waals surface area contributed by atoms with Crippen LogP contribution in [0.15, 0.2) is 18.2 Å². The molecule has 0 aliphatic carbocycles. The monoisotopic (exact) mass is 327 g/mol. The van der Waals surface area contributed by atoms with Gasteiger partial charge in [-0.2, -0.15) is 0 Å². The van der Waals surface area contributed by atoms with Crippen molar-refractivity contribution in [2.45, 2.75) is 13.0 Å². The zero-order chi connectivity index (χ0) is 15.4. The summed E-state index contributed by atoms with van der Waals surface area (Å²) >= 11 is 0. The number of morpholine rings is 1. The predicted octanol–water partition coefficient (Wildman–Crippen LogP) is 1.05. The number of amides is 2. The minimum absolute atomic E-state index is 0. The Morgan fingerprint density at radius 1 is 1.36 bits per heavy atom. The van der Waals surface area contributed by atoms with E-state index in [1.165, 1.54) is 4.90 Å². The highest BCUT2D eigenvalue weighted by Gasteiger charge is 2.22. The van der Waals surface area contributed by atoms with Gasteiger partial charge in [0.2, 0.25) is 0 Å². The second kappa shape index (κ2) is 8.12. The van der Waals surface area contributed by atoms with Crippen LogP contribution in [0.1, 0.15) is 15.9 Å². The Morgan fingerprint density at radius 2 is 2.09 bits per heavy atom. The molecule has 122 valence electrons. The highest BCUT2D eigenvalue weighted by Crippen LogP contribution is 2.17. The number of benzene rings is 1. The summed E-state index contributed by atoms with van der Waals surface area (Å²) in [6.45, 7) is 3.66. The molecule has 1 aliphatic rings. The van der Waals surface area contributed by atoms with Crippen LogP contribution in [0.2, 0.25) is 0 Å². The Kier molecular flexibility index (Phi) is 6.80. The van der Waals surface area contributed by atoms with Crippen molar-refractivity contribution in [1.29, 1.82) is 0 Å². The summed E-state index contributed by atoms with van der Waals surface area (Å²) in [5.41, 5.74) is 2.06. The van der Waals surface area contributed by atoms with Crippen molar-refractivity contribution < 1.29 is 14.3 Å². The van der Waals surface area contributed by atoms with Crippen LogP contribution in [0.5, 0.6) is 0 Å². The van der Waals surface area contributed by atoms with Gasteiger partial charge >= 0.3 is 0 Å². The fraction of sp³-hybridized carbons (Fsp3) is 0.467. The Bertz CT molecular complexity index is 543. The second-order valence-corrected chi connectivity index (χ2v) is 5.28. The summed E-state index contributed by atoms with van der Waals surface area (Å²) in [6.07, 6.45) is -0.493. The van der Waals surface area contributed by atoms with Gasteiger partial charge in [-0.15, -0.1) is 12.4 Å². The van der Waals surface area contributed by atoms with Gasteiger partial charge in [-0.3, -0.25) is 9.59 Å². The molecule has 0 spiro atoms. The summed E-state index contributed by atoms with van der Waals surface area (Å²) in [4.78, 5) is 25.7. The molecule has 1 aromatic carbocycles. The van der Waals surface area contributed by atoms with Gasteiger partial charge in [0.25, 0.3) is 11.8 Å². The van der Waals surface area contributed by atoms with E-state index in [1.807, 2.05) is 13.0 Å². The minimum Gasteiger partial charge on any atom is -0.366 e. The molecule has 2 rings (SSSR count). The van der Waals surface area contributed by atoms with Crippen molar-refractivity contribution >= 4 is 29.9 Å². The molecule has 1 unspecified atom stereocenters. The summed E-state index contributed by atoms with van der Waals surface area (Å²) in [5, 5.41) is 5.91. The van der Waals surface area contributed by atoms with E-state index in [0.29, 0.717) is 24.4 Å². The molecule has 2 N–H and O–H groups in total. The molecule has 0 aromatic heterocycles. The largest absolute Gasteiger partial charge is 0.366 e. The number of ether oxygens (including phenoxy) is 1. The third kappa shape index (κ3) is 4.43. The second-order valence-electron chi connectivity index (χ2n) is 5.28. The number of hydrogen-bond acceptors (Lipinski definition) is 4. The van der Waals surface area contributed by atoms with E-state index in [9.17, 15) is 9.59 Å². The first-order chi connectivity index (χ1) is 9.99. The van der Waals surface area contributed by atoms with Gasteiger partial charge < -0.3 is 20.3 Å². The number of hydrogen-bond donors (Lipinski definition) is 2. The van der Waals surface area contributed by atoms with Crippen LogP contribution in [0, 0.1) is 6.92 Å². The Labute approximate surface area is 136 Å². The molecule has 0 bridgehead atoms. The molecule has 1 heterocycles. The highest BCUT2D eigenvalue weighted by molar-refractivity contribution is 5.99. The van der Waals surface area contributed by atoms with E-state index >= 15 is 0 Å². The molecule has 1 aromatic rings. The fourth-order valence-electron chi connectivity index (χ4n) is 2.13. The Balaban J connectivity index is 0.00000242. The lowest BCUT2D eigenvalue weighted by atomic mass is 10.1. The number of carbonyl (C=O) groups excluding carboxylic acids is 2. The molecule has 2 amide bonds. The van der Waals surface area contributed by atoms with Crippen molar-refractivity contribution in [2.24, 2.45) is 0 Å². The molecule has 1 fully saturated rings. The zero-order valence-corrected chi connectivity index (χ0v) is 13.8. The maximum Gasteiger partial charge on any atom is 0.254 e. The molecule has 22 heavy (non-hydrogen) atoms. The van der Waals surface area contributed by atoms with Crippen molar-refractivity contribution in [3.05, 3.63) is 29.3 Å². The lowest BCUT2D eigenvalue weighted by Gasteiger charge is -2.23. The van der Waals surface area contributed by atoms with Gasteiger partial charge in [0.05, 0.1) is 6.61 Å². The predicted molar refractivity (Wildman–Crippen MR) is 87.7 cm³/mol. The summed E-state index contributed by atoms with van der Waals surface area (Å²) in [7, 11) is 3.41. The number of nitrogens with one attached hydrogen (secondary N) is 2. The van der Waals surface area contributed by atoms with Crippen LogP contribution in [0.3, 0.4) is 0 Å². The first-order valence-electron chi connectivity index (χ1n) is 6.94. The first kappa shape index (κ1) is 18.4. The van der Waals surface area contributed by atoms with E-state index < -0.39 is 6.10 Å².